The fourth-order valence-corrected chi connectivity index (χ4v) is 2.88. The van der Waals surface area contributed by atoms with Crippen LogP contribution in [-0.2, 0) is 4.74 Å². The van der Waals surface area contributed by atoms with Crippen LogP contribution in [0.5, 0.6) is 0 Å². The Hall–Kier alpha value is -1.40. The van der Waals surface area contributed by atoms with E-state index in [4.69, 9.17) is 9.84 Å². The van der Waals surface area contributed by atoms with Crippen LogP contribution in [0.3, 0.4) is 0 Å². The van der Waals surface area contributed by atoms with Gasteiger partial charge >= 0.3 is 5.97 Å². The van der Waals surface area contributed by atoms with Gasteiger partial charge < -0.3 is 15.2 Å². The monoisotopic (exact) mass is 283 g/mol. The Balaban J connectivity index is 1.94. The van der Waals surface area contributed by atoms with Crippen LogP contribution in [0.2, 0.25) is 0 Å². The summed E-state index contributed by atoms with van der Waals surface area (Å²) in [6.45, 7) is 2.72. The molecule has 0 aromatic carbocycles. The average Bonchev–Trinajstić information content (AvgIpc) is 2.89. The van der Waals surface area contributed by atoms with E-state index in [-0.39, 0.29) is 22.9 Å². The summed E-state index contributed by atoms with van der Waals surface area (Å²) in [6, 6.07) is 3.13. The maximum atomic E-state index is 12.0. The van der Waals surface area contributed by atoms with Crippen LogP contribution >= 0.6 is 11.3 Å². The molecule has 6 heteroatoms. The van der Waals surface area contributed by atoms with Gasteiger partial charge in [-0.3, -0.25) is 4.79 Å². The Bertz CT molecular complexity index is 471. The number of hydrogen-bond donors (Lipinski definition) is 2. The number of nitrogens with one attached hydrogen (secondary N) is 1. The Morgan fingerprint density at radius 3 is 2.84 bits per heavy atom. The highest BCUT2D eigenvalue weighted by molar-refractivity contribution is 7.15. The molecule has 0 spiro atoms. The summed E-state index contributed by atoms with van der Waals surface area (Å²) in [6.07, 6.45) is 2.77. The minimum Gasteiger partial charge on any atom is -0.477 e. The van der Waals surface area contributed by atoms with Crippen molar-refractivity contribution < 1.29 is 19.4 Å². The van der Waals surface area contributed by atoms with Crippen molar-refractivity contribution in [3.05, 3.63) is 21.9 Å². The molecule has 0 radical (unpaired) electrons. The minimum absolute atomic E-state index is 0.113. The zero-order valence-corrected chi connectivity index (χ0v) is 11.5. The zero-order chi connectivity index (χ0) is 13.8. The molecular weight excluding hydrogens is 266 g/mol. The number of thiophene rings is 1. The van der Waals surface area contributed by atoms with Gasteiger partial charge in [0.25, 0.3) is 5.91 Å². The van der Waals surface area contributed by atoms with Gasteiger partial charge in [0.05, 0.1) is 11.0 Å². The van der Waals surface area contributed by atoms with Gasteiger partial charge in [0.1, 0.15) is 4.88 Å². The van der Waals surface area contributed by atoms with E-state index in [1.807, 2.05) is 0 Å². The number of carboxylic acid groups (broad SMARTS) is 1. The van der Waals surface area contributed by atoms with Crippen molar-refractivity contribution in [3.8, 4) is 0 Å². The predicted octanol–water partition coefficient (Wildman–Crippen LogP) is 2.13. The lowest BCUT2D eigenvalue weighted by molar-refractivity contribution is 0.000651. The lowest BCUT2D eigenvalue weighted by Crippen LogP contribution is -2.41. The minimum atomic E-state index is -0.999. The van der Waals surface area contributed by atoms with Crippen LogP contribution in [0, 0.1) is 0 Å². The van der Waals surface area contributed by atoms with Gasteiger partial charge in [0.15, 0.2) is 0 Å². The van der Waals surface area contributed by atoms with Crippen LogP contribution in [0.25, 0.3) is 0 Å². The van der Waals surface area contributed by atoms with Gasteiger partial charge in [-0.25, -0.2) is 4.79 Å². The normalized spacial score (nSPS) is 23.0. The molecule has 2 unspecified atom stereocenters. The second kappa shape index (κ2) is 6.16. The third-order valence-electron chi connectivity index (χ3n) is 3.20. The molecule has 0 saturated carbocycles. The van der Waals surface area contributed by atoms with Crippen molar-refractivity contribution in [2.24, 2.45) is 0 Å². The van der Waals surface area contributed by atoms with E-state index in [1.54, 1.807) is 6.07 Å². The summed E-state index contributed by atoms with van der Waals surface area (Å²) in [4.78, 5) is 23.4. The lowest BCUT2D eigenvalue weighted by Gasteiger charge is -2.29. The highest BCUT2D eigenvalue weighted by atomic mass is 32.1. The van der Waals surface area contributed by atoms with Crippen LogP contribution in [0.15, 0.2) is 12.1 Å². The first-order valence-corrected chi connectivity index (χ1v) is 7.17. The Labute approximate surface area is 115 Å². The van der Waals surface area contributed by atoms with Crippen LogP contribution in [0.4, 0.5) is 0 Å². The number of carboxylic acids is 1. The Morgan fingerprint density at radius 1 is 1.47 bits per heavy atom. The van der Waals surface area contributed by atoms with E-state index in [0.717, 1.165) is 30.6 Å². The SMILES string of the molecule is CCC1CC(NC(=O)c2ccc(C(=O)O)s2)CCO1. The molecule has 2 rings (SSSR count). The molecule has 0 bridgehead atoms. The van der Waals surface area contributed by atoms with Crippen molar-refractivity contribution in [2.45, 2.75) is 38.3 Å². The second-order valence-electron chi connectivity index (χ2n) is 4.56. The summed E-state index contributed by atoms with van der Waals surface area (Å²) in [5, 5.41) is 11.8. The highest BCUT2D eigenvalue weighted by Gasteiger charge is 2.23. The number of carbonyl (C=O) groups is 2. The van der Waals surface area contributed by atoms with E-state index < -0.39 is 5.97 Å². The van der Waals surface area contributed by atoms with Crippen LogP contribution < -0.4 is 5.32 Å². The second-order valence-corrected chi connectivity index (χ2v) is 5.65. The van der Waals surface area contributed by atoms with Gasteiger partial charge in [-0.15, -0.1) is 11.3 Å². The molecule has 1 aliphatic rings. The van der Waals surface area contributed by atoms with Crippen molar-refractivity contribution in [1.29, 1.82) is 0 Å². The topological polar surface area (TPSA) is 75.6 Å². The summed E-state index contributed by atoms with van der Waals surface area (Å²) in [5.41, 5.74) is 0. The molecule has 104 valence electrons. The molecule has 1 saturated heterocycles. The Kier molecular flexibility index (Phi) is 4.55. The maximum Gasteiger partial charge on any atom is 0.345 e. The standard InChI is InChI=1S/C13H17NO4S/c1-2-9-7-8(5-6-18-9)14-12(15)10-3-4-11(19-10)13(16)17/h3-4,8-9H,2,5-7H2,1H3,(H,14,15)(H,16,17). The maximum absolute atomic E-state index is 12.0. The molecule has 2 atom stereocenters. The number of ether oxygens (including phenoxy) is 1. The molecule has 1 fully saturated rings. The smallest absolute Gasteiger partial charge is 0.345 e. The van der Waals surface area contributed by atoms with Gasteiger partial charge in [0, 0.05) is 12.6 Å². The van der Waals surface area contributed by atoms with E-state index in [2.05, 4.69) is 12.2 Å². The van der Waals surface area contributed by atoms with E-state index in [0.29, 0.717) is 11.5 Å². The molecular formula is C13H17NO4S. The van der Waals surface area contributed by atoms with Gasteiger partial charge in [-0.05, 0) is 31.4 Å². The first-order chi connectivity index (χ1) is 9.10. The van der Waals surface area contributed by atoms with Crippen molar-refractivity contribution in [2.75, 3.05) is 6.61 Å². The quantitative estimate of drug-likeness (QED) is 0.887. The predicted molar refractivity (Wildman–Crippen MR) is 71.8 cm³/mol. The fourth-order valence-electron chi connectivity index (χ4n) is 2.13. The van der Waals surface area contributed by atoms with Crippen LogP contribution in [-0.4, -0.2) is 35.7 Å². The van der Waals surface area contributed by atoms with E-state index in [1.165, 1.54) is 6.07 Å². The zero-order valence-electron chi connectivity index (χ0n) is 10.7. The first kappa shape index (κ1) is 14.0. The molecule has 2 N–H and O–H groups in total. The molecule has 1 aliphatic heterocycles. The van der Waals surface area contributed by atoms with E-state index >= 15 is 0 Å². The number of carbonyl (C=O) groups excluding carboxylic acids is 1. The summed E-state index contributed by atoms with van der Waals surface area (Å²) >= 11 is 1.00. The van der Waals surface area contributed by atoms with Crippen molar-refractivity contribution >= 4 is 23.2 Å². The summed E-state index contributed by atoms with van der Waals surface area (Å²) in [5.74, 6) is -1.19. The third kappa shape index (κ3) is 3.54. The number of amides is 1. The van der Waals surface area contributed by atoms with Gasteiger partial charge in [-0.2, -0.15) is 0 Å². The average molecular weight is 283 g/mol. The first-order valence-electron chi connectivity index (χ1n) is 6.35. The molecule has 1 aromatic rings. The molecule has 0 aliphatic carbocycles. The number of aromatic carboxylic acids is 1. The van der Waals surface area contributed by atoms with Gasteiger partial charge in [0.2, 0.25) is 0 Å². The largest absolute Gasteiger partial charge is 0.477 e. The molecule has 5 nitrogen and oxygen atoms in total. The van der Waals surface area contributed by atoms with Gasteiger partial charge in [-0.1, -0.05) is 6.92 Å². The fraction of sp³-hybridized carbons (Fsp3) is 0.538. The van der Waals surface area contributed by atoms with Crippen molar-refractivity contribution in [3.63, 3.8) is 0 Å². The molecule has 1 aromatic heterocycles. The summed E-state index contributed by atoms with van der Waals surface area (Å²) in [7, 11) is 0. The molecule has 19 heavy (non-hydrogen) atoms. The number of hydrogen-bond acceptors (Lipinski definition) is 4. The van der Waals surface area contributed by atoms with Crippen molar-refractivity contribution in [1.82, 2.24) is 5.32 Å². The number of rotatable bonds is 4. The van der Waals surface area contributed by atoms with E-state index in [9.17, 15) is 9.59 Å². The molecule has 1 amide bonds. The van der Waals surface area contributed by atoms with Crippen LogP contribution in [0.1, 0.15) is 45.5 Å². The molecule has 2 heterocycles. The third-order valence-corrected chi connectivity index (χ3v) is 4.27. The lowest BCUT2D eigenvalue weighted by atomic mass is 10.0. The highest BCUT2D eigenvalue weighted by Crippen LogP contribution is 2.19. The Morgan fingerprint density at radius 2 is 2.21 bits per heavy atom. The summed E-state index contributed by atoms with van der Waals surface area (Å²) < 4.78 is 5.55.